The number of carbonyl (C=O) groups excluding carboxylic acids is 1. The molecule has 0 saturated heterocycles. The molecule has 1 aliphatic rings. The lowest BCUT2D eigenvalue weighted by Crippen LogP contribution is -2.33. The number of aromatic nitrogens is 1. The van der Waals surface area contributed by atoms with Gasteiger partial charge < -0.3 is 10.1 Å². The summed E-state index contributed by atoms with van der Waals surface area (Å²) in [7, 11) is 0. The highest BCUT2D eigenvalue weighted by molar-refractivity contribution is 6.11. The molecule has 160 valence electrons. The number of halogens is 5. The highest BCUT2D eigenvalue weighted by Crippen LogP contribution is 2.39. The number of fused-ring (bicyclic) bond motifs is 1. The molecule has 1 amide bonds. The number of hydrogen-bond donors (Lipinski definition) is 1. The minimum atomic E-state index is -2.27. The summed E-state index contributed by atoms with van der Waals surface area (Å²) in [6.45, 7) is 2.21. The molecule has 0 aliphatic carbocycles. The standard InChI is InChI=1S/C21H14F5N3O2/c1-2-31-11-7-5-10(6-8-11)29-20(18-12(21(29)30)4-3-9-27-18)28-19-16(25)14(23)13(22)15(24)17(19)26/h3-9,20,28H,2H2,1H3. The smallest absolute Gasteiger partial charge is 0.262 e. The van der Waals surface area contributed by atoms with Crippen LogP contribution in [0.15, 0.2) is 42.6 Å². The van der Waals surface area contributed by atoms with E-state index in [0.29, 0.717) is 18.0 Å². The first-order chi connectivity index (χ1) is 14.8. The second kappa shape index (κ2) is 7.86. The zero-order chi connectivity index (χ0) is 22.3. The van der Waals surface area contributed by atoms with Crippen molar-refractivity contribution in [3.8, 4) is 5.75 Å². The van der Waals surface area contributed by atoms with Crippen molar-refractivity contribution in [1.82, 2.24) is 4.98 Å². The molecule has 1 aliphatic heterocycles. The van der Waals surface area contributed by atoms with E-state index in [1.54, 1.807) is 19.1 Å². The molecule has 10 heteroatoms. The van der Waals surface area contributed by atoms with Gasteiger partial charge in [-0.3, -0.25) is 14.7 Å². The van der Waals surface area contributed by atoms with E-state index in [1.165, 1.54) is 30.5 Å². The lowest BCUT2D eigenvalue weighted by molar-refractivity contribution is 0.0993. The Morgan fingerprint density at radius 1 is 0.968 bits per heavy atom. The monoisotopic (exact) mass is 435 g/mol. The summed E-state index contributed by atoms with van der Waals surface area (Å²) in [5.41, 5.74) is -0.764. The zero-order valence-corrected chi connectivity index (χ0v) is 15.9. The van der Waals surface area contributed by atoms with Crippen LogP contribution in [0.1, 0.15) is 29.1 Å². The maximum atomic E-state index is 14.3. The number of pyridine rings is 1. The molecule has 4 rings (SSSR count). The lowest BCUT2D eigenvalue weighted by atomic mass is 10.2. The topological polar surface area (TPSA) is 54.5 Å². The van der Waals surface area contributed by atoms with E-state index in [-0.39, 0.29) is 11.3 Å². The van der Waals surface area contributed by atoms with E-state index >= 15 is 0 Å². The zero-order valence-electron chi connectivity index (χ0n) is 15.9. The second-order valence-corrected chi connectivity index (χ2v) is 6.53. The van der Waals surface area contributed by atoms with Crippen LogP contribution in [0.2, 0.25) is 0 Å². The fourth-order valence-electron chi connectivity index (χ4n) is 3.32. The maximum absolute atomic E-state index is 14.3. The summed E-state index contributed by atoms with van der Waals surface area (Å²) in [5.74, 6) is -10.6. The quantitative estimate of drug-likeness (QED) is 0.350. The Kier molecular flexibility index (Phi) is 5.22. The van der Waals surface area contributed by atoms with Gasteiger partial charge in [0.05, 0.1) is 17.9 Å². The molecular formula is C21H14F5N3O2. The minimum absolute atomic E-state index is 0.0744. The second-order valence-electron chi connectivity index (χ2n) is 6.53. The van der Waals surface area contributed by atoms with Crippen LogP contribution in [-0.2, 0) is 0 Å². The van der Waals surface area contributed by atoms with E-state index in [2.05, 4.69) is 10.3 Å². The van der Waals surface area contributed by atoms with Gasteiger partial charge in [-0.2, -0.15) is 0 Å². The number of amides is 1. The van der Waals surface area contributed by atoms with Crippen molar-refractivity contribution in [2.24, 2.45) is 0 Å². The van der Waals surface area contributed by atoms with Crippen LogP contribution < -0.4 is 15.0 Å². The molecule has 1 atom stereocenters. The Morgan fingerprint density at radius 2 is 1.58 bits per heavy atom. The number of nitrogens with one attached hydrogen (secondary N) is 1. The van der Waals surface area contributed by atoms with Gasteiger partial charge in [0.1, 0.15) is 11.4 Å². The van der Waals surface area contributed by atoms with Gasteiger partial charge in [-0.15, -0.1) is 0 Å². The molecule has 0 bridgehead atoms. The largest absolute Gasteiger partial charge is 0.494 e. The van der Waals surface area contributed by atoms with Gasteiger partial charge in [-0.25, -0.2) is 22.0 Å². The van der Waals surface area contributed by atoms with Crippen LogP contribution in [0.5, 0.6) is 5.75 Å². The first kappa shape index (κ1) is 20.6. The van der Waals surface area contributed by atoms with E-state index in [1.807, 2.05) is 0 Å². The van der Waals surface area contributed by atoms with Crippen molar-refractivity contribution in [1.29, 1.82) is 0 Å². The third kappa shape index (κ3) is 3.33. The number of carbonyl (C=O) groups is 1. The summed E-state index contributed by atoms with van der Waals surface area (Å²) >= 11 is 0. The van der Waals surface area contributed by atoms with Crippen molar-refractivity contribution in [2.45, 2.75) is 13.1 Å². The number of nitrogens with zero attached hydrogens (tertiary/aromatic N) is 2. The number of ether oxygens (including phenoxy) is 1. The lowest BCUT2D eigenvalue weighted by Gasteiger charge is -2.27. The SMILES string of the molecule is CCOc1ccc(N2C(=O)c3cccnc3C2Nc2c(F)c(F)c(F)c(F)c2F)cc1. The van der Waals surface area contributed by atoms with Crippen LogP contribution in [0.25, 0.3) is 0 Å². The van der Waals surface area contributed by atoms with E-state index in [9.17, 15) is 26.7 Å². The van der Waals surface area contributed by atoms with Gasteiger partial charge >= 0.3 is 0 Å². The summed E-state index contributed by atoms with van der Waals surface area (Å²) in [5, 5.41) is 2.28. The summed E-state index contributed by atoms with van der Waals surface area (Å²) in [6.07, 6.45) is 0.0241. The minimum Gasteiger partial charge on any atom is -0.494 e. The molecule has 1 N–H and O–H groups in total. The van der Waals surface area contributed by atoms with Crippen LogP contribution in [0, 0.1) is 29.1 Å². The van der Waals surface area contributed by atoms with E-state index in [0.717, 1.165) is 4.90 Å². The first-order valence-electron chi connectivity index (χ1n) is 9.14. The van der Waals surface area contributed by atoms with Crippen LogP contribution in [0.4, 0.5) is 33.3 Å². The Morgan fingerprint density at radius 3 is 2.19 bits per heavy atom. The van der Waals surface area contributed by atoms with Gasteiger partial charge in [0.2, 0.25) is 5.82 Å². The van der Waals surface area contributed by atoms with Crippen molar-refractivity contribution < 1.29 is 31.5 Å². The number of rotatable bonds is 5. The summed E-state index contributed by atoms with van der Waals surface area (Å²) < 4.78 is 74.7. The fraction of sp³-hybridized carbons (Fsp3) is 0.143. The Labute approximate surface area is 173 Å². The van der Waals surface area contributed by atoms with E-state index < -0.39 is 46.8 Å². The predicted octanol–water partition coefficient (Wildman–Crippen LogP) is 4.95. The molecule has 0 spiro atoms. The van der Waals surface area contributed by atoms with Crippen molar-refractivity contribution in [3.05, 3.63) is 82.9 Å². The highest BCUT2D eigenvalue weighted by atomic mass is 19.2. The molecule has 0 radical (unpaired) electrons. The fourth-order valence-corrected chi connectivity index (χ4v) is 3.32. The molecule has 0 saturated carbocycles. The predicted molar refractivity (Wildman–Crippen MR) is 101 cm³/mol. The van der Waals surface area contributed by atoms with Crippen LogP contribution in [0.3, 0.4) is 0 Å². The maximum Gasteiger partial charge on any atom is 0.262 e. The Bertz CT molecular complexity index is 1140. The highest BCUT2D eigenvalue weighted by Gasteiger charge is 2.40. The van der Waals surface area contributed by atoms with Gasteiger partial charge in [-0.1, -0.05) is 0 Å². The molecule has 1 unspecified atom stereocenters. The molecule has 31 heavy (non-hydrogen) atoms. The summed E-state index contributed by atoms with van der Waals surface area (Å²) in [6, 6.07) is 9.17. The molecule has 5 nitrogen and oxygen atoms in total. The van der Waals surface area contributed by atoms with Crippen molar-refractivity contribution in [3.63, 3.8) is 0 Å². The average molecular weight is 435 g/mol. The Balaban J connectivity index is 1.81. The normalized spacial score (nSPS) is 15.2. The number of hydrogen-bond acceptors (Lipinski definition) is 4. The van der Waals surface area contributed by atoms with Crippen molar-refractivity contribution in [2.75, 3.05) is 16.8 Å². The van der Waals surface area contributed by atoms with Gasteiger partial charge in [-0.05, 0) is 43.3 Å². The van der Waals surface area contributed by atoms with E-state index in [4.69, 9.17) is 4.74 Å². The van der Waals surface area contributed by atoms with Gasteiger partial charge in [0.25, 0.3) is 5.91 Å². The molecule has 2 heterocycles. The first-order valence-corrected chi connectivity index (χ1v) is 9.14. The third-order valence-corrected chi connectivity index (χ3v) is 4.72. The number of anilines is 2. The van der Waals surface area contributed by atoms with Gasteiger partial charge in [0.15, 0.2) is 29.4 Å². The number of benzene rings is 2. The molecule has 0 fully saturated rings. The van der Waals surface area contributed by atoms with Crippen LogP contribution >= 0.6 is 0 Å². The molecule has 2 aromatic carbocycles. The van der Waals surface area contributed by atoms with Crippen molar-refractivity contribution >= 4 is 17.3 Å². The molecule has 1 aromatic heterocycles. The van der Waals surface area contributed by atoms with Crippen LogP contribution in [-0.4, -0.2) is 17.5 Å². The summed E-state index contributed by atoms with van der Waals surface area (Å²) in [4.78, 5) is 18.2. The Hall–Kier alpha value is -3.69. The molecular weight excluding hydrogens is 421 g/mol. The third-order valence-electron chi connectivity index (χ3n) is 4.72. The van der Waals surface area contributed by atoms with Gasteiger partial charge in [0, 0.05) is 11.9 Å². The average Bonchev–Trinajstić information content (AvgIpc) is 3.06. The molecule has 3 aromatic rings.